The SMILES string of the molecule is CC(=O)NC1=NN(C(C)=O)C2(S1)C(=O)N(CCOc1ccc(C)cc1)c1c(C)cc(C)cc12. The minimum absolute atomic E-state index is 0.217. The number of hydrogen-bond donors (Lipinski definition) is 1. The van der Waals surface area contributed by atoms with Crippen LogP contribution in [0.1, 0.15) is 36.1 Å². The number of fused-ring (bicyclic) bond motifs is 2. The quantitative estimate of drug-likeness (QED) is 0.747. The van der Waals surface area contributed by atoms with Crippen LogP contribution in [0.4, 0.5) is 5.69 Å². The van der Waals surface area contributed by atoms with Gasteiger partial charge in [0.15, 0.2) is 5.17 Å². The summed E-state index contributed by atoms with van der Waals surface area (Å²) < 4.78 is 5.88. The van der Waals surface area contributed by atoms with Crippen molar-refractivity contribution in [2.45, 2.75) is 39.5 Å². The summed E-state index contributed by atoms with van der Waals surface area (Å²) in [5, 5.41) is 8.32. The van der Waals surface area contributed by atoms with Crippen molar-refractivity contribution >= 4 is 40.3 Å². The Labute approximate surface area is 197 Å². The molecule has 1 unspecified atom stereocenters. The van der Waals surface area contributed by atoms with Crippen LogP contribution in [0.25, 0.3) is 0 Å². The predicted molar refractivity (Wildman–Crippen MR) is 128 cm³/mol. The fourth-order valence-electron chi connectivity index (χ4n) is 4.24. The molecule has 1 spiro atoms. The Bertz CT molecular complexity index is 1180. The number of rotatable bonds is 4. The molecule has 0 radical (unpaired) electrons. The molecule has 2 heterocycles. The molecule has 0 bridgehead atoms. The van der Waals surface area contributed by atoms with E-state index in [2.05, 4.69) is 10.4 Å². The van der Waals surface area contributed by atoms with E-state index < -0.39 is 4.87 Å². The lowest BCUT2D eigenvalue weighted by Gasteiger charge is -2.29. The number of amides is 3. The third-order valence-corrected chi connectivity index (χ3v) is 6.77. The Morgan fingerprint density at radius 1 is 1.09 bits per heavy atom. The molecule has 3 amide bonds. The molecule has 33 heavy (non-hydrogen) atoms. The fourth-order valence-corrected chi connectivity index (χ4v) is 5.56. The average Bonchev–Trinajstić information content (AvgIpc) is 3.21. The van der Waals surface area contributed by atoms with E-state index in [9.17, 15) is 14.4 Å². The molecule has 0 saturated carbocycles. The van der Waals surface area contributed by atoms with E-state index in [0.29, 0.717) is 12.1 Å². The second-order valence-corrected chi connectivity index (χ2v) is 9.44. The molecule has 2 aromatic rings. The van der Waals surface area contributed by atoms with Crippen molar-refractivity contribution in [1.82, 2.24) is 10.3 Å². The second-order valence-electron chi connectivity index (χ2n) is 8.26. The molecule has 0 fully saturated rings. The van der Waals surface area contributed by atoms with Gasteiger partial charge in [-0.1, -0.05) is 35.4 Å². The molecule has 1 atom stereocenters. The summed E-state index contributed by atoms with van der Waals surface area (Å²) in [5.41, 5.74) is 4.45. The monoisotopic (exact) mass is 466 g/mol. The first-order valence-electron chi connectivity index (χ1n) is 10.6. The van der Waals surface area contributed by atoms with Gasteiger partial charge in [-0.2, -0.15) is 5.01 Å². The lowest BCUT2D eigenvalue weighted by Crippen LogP contribution is -2.49. The normalized spacial score (nSPS) is 19.1. The van der Waals surface area contributed by atoms with Crippen LogP contribution in [0.5, 0.6) is 5.75 Å². The van der Waals surface area contributed by atoms with Crippen molar-refractivity contribution in [1.29, 1.82) is 0 Å². The van der Waals surface area contributed by atoms with Crippen LogP contribution in [-0.2, 0) is 19.3 Å². The summed E-state index contributed by atoms with van der Waals surface area (Å²) in [6.45, 7) is 9.20. The molecule has 1 N–H and O–H groups in total. The summed E-state index contributed by atoms with van der Waals surface area (Å²) in [6.07, 6.45) is 0. The molecule has 2 aliphatic heterocycles. The zero-order valence-corrected chi connectivity index (χ0v) is 20.1. The minimum Gasteiger partial charge on any atom is -0.492 e. The highest BCUT2D eigenvalue weighted by Crippen LogP contribution is 2.55. The molecule has 9 heteroatoms. The standard InChI is InChI=1S/C24H26N4O4S/c1-14-6-8-19(9-7-14)32-11-10-27-21-16(3)12-15(2)13-20(21)24(22(27)31)28(18(5)30)26-23(33-24)25-17(4)29/h6-9,12-13H,10-11H2,1-5H3,(H,25,26,29). The smallest absolute Gasteiger partial charge is 0.270 e. The number of nitrogens with zero attached hydrogens (tertiary/aromatic N) is 3. The van der Waals surface area contributed by atoms with Gasteiger partial charge in [0.2, 0.25) is 16.7 Å². The van der Waals surface area contributed by atoms with Crippen LogP contribution in [0.3, 0.4) is 0 Å². The van der Waals surface area contributed by atoms with E-state index in [1.807, 2.05) is 57.2 Å². The van der Waals surface area contributed by atoms with Gasteiger partial charge in [-0.15, -0.1) is 5.10 Å². The maximum absolute atomic E-state index is 14.0. The lowest BCUT2D eigenvalue weighted by atomic mass is 10.0. The van der Waals surface area contributed by atoms with E-state index in [0.717, 1.165) is 39.9 Å². The van der Waals surface area contributed by atoms with E-state index in [1.165, 1.54) is 18.9 Å². The molecular weight excluding hydrogens is 440 g/mol. The molecule has 2 aliphatic rings. The number of thioether (sulfide) groups is 1. The van der Waals surface area contributed by atoms with Gasteiger partial charge in [-0.25, -0.2) is 0 Å². The highest BCUT2D eigenvalue weighted by molar-refractivity contribution is 8.15. The number of ether oxygens (including phenoxy) is 1. The largest absolute Gasteiger partial charge is 0.492 e. The third kappa shape index (κ3) is 3.97. The van der Waals surface area contributed by atoms with Crippen molar-refractivity contribution in [3.63, 3.8) is 0 Å². The van der Waals surface area contributed by atoms with Gasteiger partial charge in [0.25, 0.3) is 5.91 Å². The average molecular weight is 467 g/mol. The maximum atomic E-state index is 14.0. The Hall–Kier alpha value is -3.33. The van der Waals surface area contributed by atoms with Crippen molar-refractivity contribution in [2.75, 3.05) is 18.1 Å². The number of anilines is 1. The van der Waals surface area contributed by atoms with Gasteiger partial charge in [-0.05, 0) is 50.2 Å². The summed E-state index contributed by atoms with van der Waals surface area (Å²) in [7, 11) is 0. The number of carbonyl (C=O) groups excluding carboxylic acids is 3. The van der Waals surface area contributed by atoms with Crippen LogP contribution < -0.4 is 15.0 Å². The molecule has 0 aromatic heterocycles. The lowest BCUT2D eigenvalue weighted by molar-refractivity contribution is -0.139. The van der Waals surface area contributed by atoms with Gasteiger partial charge < -0.3 is 15.0 Å². The molecule has 2 aromatic carbocycles. The number of carbonyl (C=O) groups is 3. The summed E-state index contributed by atoms with van der Waals surface area (Å²) in [5.74, 6) is -0.280. The highest BCUT2D eigenvalue weighted by Gasteiger charge is 2.61. The second kappa shape index (κ2) is 8.55. The molecule has 4 rings (SSSR count). The van der Waals surface area contributed by atoms with Crippen LogP contribution in [-0.4, -0.2) is 41.0 Å². The molecule has 8 nitrogen and oxygen atoms in total. The fraction of sp³-hybridized carbons (Fsp3) is 0.333. The van der Waals surface area contributed by atoms with E-state index >= 15 is 0 Å². The summed E-state index contributed by atoms with van der Waals surface area (Å²) >= 11 is 1.08. The number of hydrogen-bond acceptors (Lipinski definition) is 6. The van der Waals surface area contributed by atoms with Crippen LogP contribution >= 0.6 is 11.8 Å². The first kappa shape index (κ1) is 22.8. The van der Waals surface area contributed by atoms with Gasteiger partial charge in [0, 0.05) is 19.4 Å². The number of hydrazone groups is 1. The van der Waals surface area contributed by atoms with E-state index in [4.69, 9.17) is 4.74 Å². The number of amidine groups is 1. The van der Waals surface area contributed by atoms with Gasteiger partial charge >= 0.3 is 0 Å². The van der Waals surface area contributed by atoms with Gasteiger partial charge in [0.1, 0.15) is 12.4 Å². The minimum atomic E-state index is -1.40. The Morgan fingerprint density at radius 2 is 1.79 bits per heavy atom. The van der Waals surface area contributed by atoms with E-state index in [-0.39, 0.29) is 29.5 Å². The molecule has 0 saturated heterocycles. The maximum Gasteiger partial charge on any atom is 0.270 e. The zero-order chi connectivity index (χ0) is 23.9. The number of benzene rings is 2. The first-order chi connectivity index (χ1) is 15.6. The van der Waals surface area contributed by atoms with Crippen molar-refractivity contribution in [3.05, 3.63) is 58.7 Å². The predicted octanol–water partition coefficient (Wildman–Crippen LogP) is 3.19. The molecular formula is C24H26N4O4S. The Morgan fingerprint density at radius 3 is 2.42 bits per heavy atom. The third-order valence-electron chi connectivity index (χ3n) is 5.53. The number of nitrogens with one attached hydrogen (secondary N) is 1. The Kier molecular flexibility index (Phi) is 5.92. The molecule has 0 aliphatic carbocycles. The highest BCUT2D eigenvalue weighted by atomic mass is 32.2. The van der Waals surface area contributed by atoms with E-state index in [1.54, 1.807) is 4.90 Å². The van der Waals surface area contributed by atoms with Crippen LogP contribution in [0.2, 0.25) is 0 Å². The van der Waals surface area contributed by atoms with Crippen molar-refractivity contribution in [3.8, 4) is 5.75 Å². The summed E-state index contributed by atoms with van der Waals surface area (Å²) in [4.78, 5) is 38.5. The number of aryl methyl sites for hydroxylation is 3. The molecule has 172 valence electrons. The van der Waals surface area contributed by atoms with Crippen LogP contribution in [0, 0.1) is 20.8 Å². The zero-order valence-electron chi connectivity index (χ0n) is 19.3. The van der Waals surface area contributed by atoms with Crippen molar-refractivity contribution in [2.24, 2.45) is 5.10 Å². The van der Waals surface area contributed by atoms with Gasteiger partial charge in [-0.3, -0.25) is 14.4 Å². The first-order valence-corrected chi connectivity index (χ1v) is 11.4. The van der Waals surface area contributed by atoms with Crippen LogP contribution in [0.15, 0.2) is 41.5 Å². The Balaban J connectivity index is 1.70. The topological polar surface area (TPSA) is 91.3 Å². The van der Waals surface area contributed by atoms with Crippen molar-refractivity contribution < 1.29 is 19.1 Å². The summed E-state index contributed by atoms with van der Waals surface area (Å²) in [6, 6.07) is 11.6. The van der Waals surface area contributed by atoms with Gasteiger partial charge in [0.05, 0.1) is 12.2 Å².